The van der Waals surface area contributed by atoms with E-state index in [9.17, 15) is 4.79 Å². The third-order valence-electron chi connectivity index (χ3n) is 2.00. The number of esters is 1. The minimum absolute atomic E-state index is 0.0458. The van der Waals surface area contributed by atoms with Gasteiger partial charge < -0.3 is 14.2 Å². The zero-order valence-corrected chi connectivity index (χ0v) is 9.70. The zero-order chi connectivity index (χ0) is 11.5. The predicted molar refractivity (Wildman–Crippen MR) is 55.3 cm³/mol. The average Bonchev–Trinajstić information content (AvgIpc) is 2.42. The quantitative estimate of drug-likeness (QED) is 0.529. The molecule has 0 aromatic rings. The molecule has 0 aromatic carbocycles. The number of hydrogen-bond donors (Lipinski definition) is 0. The SMILES string of the molecule is CC(=O)OCC(C)=C[C@H]1COC(C)(C)O1. The second-order valence-electron chi connectivity index (χ2n) is 4.16. The Kier molecular flexibility index (Phi) is 3.88. The highest BCUT2D eigenvalue weighted by Crippen LogP contribution is 2.23. The Morgan fingerprint density at radius 1 is 1.53 bits per heavy atom. The first kappa shape index (κ1) is 12.2. The van der Waals surface area contributed by atoms with Gasteiger partial charge in [-0.1, -0.05) is 6.08 Å². The molecule has 0 N–H and O–H groups in total. The topological polar surface area (TPSA) is 44.8 Å². The third kappa shape index (κ3) is 4.44. The summed E-state index contributed by atoms with van der Waals surface area (Å²) in [4.78, 5) is 10.6. The summed E-state index contributed by atoms with van der Waals surface area (Å²) in [5, 5.41) is 0. The van der Waals surface area contributed by atoms with Crippen LogP contribution in [0.5, 0.6) is 0 Å². The van der Waals surface area contributed by atoms with Crippen LogP contribution in [0.3, 0.4) is 0 Å². The smallest absolute Gasteiger partial charge is 0.302 e. The lowest BCUT2D eigenvalue weighted by molar-refractivity contribution is -0.140. The Morgan fingerprint density at radius 3 is 2.67 bits per heavy atom. The van der Waals surface area contributed by atoms with Crippen molar-refractivity contribution in [1.29, 1.82) is 0 Å². The molecular formula is C11H18O4. The van der Waals surface area contributed by atoms with E-state index in [0.717, 1.165) is 5.57 Å². The van der Waals surface area contributed by atoms with Crippen molar-refractivity contribution in [3.05, 3.63) is 11.6 Å². The van der Waals surface area contributed by atoms with E-state index < -0.39 is 5.79 Å². The Hall–Kier alpha value is -0.870. The monoisotopic (exact) mass is 214 g/mol. The lowest BCUT2D eigenvalue weighted by atomic mass is 10.2. The maximum Gasteiger partial charge on any atom is 0.302 e. The van der Waals surface area contributed by atoms with Gasteiger partial charge in [-0.2, -0.15) is 0 Å². The summed E-state index contributed by atoms with van der Waals surface area (Å²) in [5.41, 5.74) is 0.969. The van der Waals surface area contributed by atoms with Gasteiger partial charge in [0.1, 0.15) is 12.7 Å². The summed E-state index contributed by atoms with van der Waals surface area (Å²) in [6.45, 7) is 7.91. The van der Waals surface area contributed by atoms with Gasteiger partial charge in [-0.05, 0) is 26.3 Å². The minimum atomic E-state index is -0.511. The van der Waals surface area contributed by atoms with Crippen LogP contribution in [0, 0.1) is 0 Å². The van der Waals surface area contributed by atoms with E-state index in [0.29, 0.717) is 13.2 Å². The molecule has 1 heterocycles. The molecule has 86 valence electrons. The highest BCUT2D eigenvalue weighted by molar-refractivity contribution is 5.66. The van der Waals surface area contributed by atoms with E-state index in [1.54, 1.807) is 0 Å². The average molecular weight is 214 g/mol. The molecule has 1 aliphatic heterocycles. The molecule has 1 saturated heterocycles. The van der Waals surface area contributed by atoms with Gasteiger partial charge in [0.2, 0.25) is 0 Å². The molecule has 0 saturated carbocycles. The molecule has 15 heavy (non-hydrogen) atoms. The van der Waals surface area contributed by atoms with Crippen LogP contribution >= 0.6 is 0 Å². The number of carbonyl (C=O) groups is 1. The molecule has 0 radical (unpaired) electrons. The summed E-state index contributed by atoms with van der Waals surface area (Å²) in [6.07, 6.45) is 1.88. The third-order valence-corrected chi connectivity index (χ3v) is 2.00. The summed E-state index contributed by atoms with van der Waals surface area (Å²) in [7, 11) is 0. The van der Waals surface area contributed by atoms with Crippen molar-refractivity contribution in [2.24, 2.45) is 0 Å². The molecule has 0 amide bonds. The number of rotatable bonds is 3. The Bertz CT molecular complexity index is 268. The van der Waals surface area contributed by atoms with E-state index in [-0.39, 0.29) is 12.1 Å². The van der Waals surface area contributed by atoms with Gasteiger partial charge in [-0.3, -0.25) is 4.79 Å². The van der Waals surface area contributed by atoms with Crippen molar-refractivity contribution >= 4 is 5.97 Å². The van der Waals surface area contributed by atoms with E-state index in [2.05, 4.69) is 0 Å². The van der Waals surface area contributed by atoms with Crippen LogP contribution in [0.1, 0.15) is 27.7 Å². The molecule has 4 heteroatoms. The molecule has 1 fully saturated rings. The van der Waals surface area contributed by atoms with Crippen LogP contribution in [0.15, 0.2) is 11.6 Å². The minimum Gasteiger partial charge on any atom is -0.461 e. The van der Waals surface area contributed by atoms with Crippen LogP contribution in [0.2, 0.25) is 0 Å². The van der Waals surface area contributed by atoms with Gasteiger partial charge in [-0.25, -0.2) is 0 Å². The van der Waals surface area contributed by atoms with Gasteiger partial charge >= 0.3 is 5.97 Å². The predicted octanol–water partition coefficient (Wildman–Crippen LogP) is 1.65. The molecule has 0 aliphatic carbocycles. The first-order chi connectivity index (χ1) is 6.89. The maximum atomic E-state index is 10.6. The van der Waals surface area contributed by atoms with Crippen molar-refractivity contribution < 1.29 is 19.0 Å². The molecule has 0 bridgehead atoms. The fourth-order valence-corrected chi connectivity index (χ4v) is 1.38. The lowest BCUT2D eigenvalue weighted by Crippen LogP contribution is -2.21. The van der Waals surface area contributed by atoms with Crippen LogP contribution in [0.4, 0.5) is 0 Å². The van der Waals surface area contributed by atoms with Gasteiger partial charge in [0.05, 0.1) is 6.61 Å². The van der Waals surface area contributed by atoms with Crippen LogP contribution in [-0.2, 0) is 19.0 Å². The molecule has 1 atom stereocenters. The lowest BCUT2D eigenvalue weighted by Gasteiger charge is -2.16. The Balaban J connectivity index is 2.39. The normalized spacial score (nSPS) is 25.3. The van der Waals surface area contributed by atoms with Crippen LogP contribution in [0.25, 0.3) is 0 Å². The van der Waals surface area contributed by atoms with Crippen LogP contribution in [-0.4, -0.2) is 31.1 Å². The van der Waals surface area contributed by atoms with Crippen molar-refractivity contribution in [3.8, 4) is 0 Å². The zero-order valence-electron chi connectivity index (χ0n) is 9.70. The standard InChI is InChI=1S/C11H18O4/c1-8(6-13-9(2)12)5-10-7-14-11(3,4)15-10/h5,10H,6-7H2,1-4H3/t10-/m0/s1. The highest BCUT2D eigenvalue weighted by atomic mass is 16.7. The number of ether oxygens (including phenoxy) is 3. The second kappa shape index (κ2) is 4.77. The van der Waals surface area contributed by atoms with Gasteiger partial charge in [0, 0.05) is 6.92 Å². The molecule has 0 aromatic heterocycles. The van der Waals surface area contributed by atoms with E-state index in [4.69, 9.17) is 14.2 Å². The van der Waals surface area contributed by atoms with Gasteiger partial charge in [-0.15, -0.1) is 0 Å². The summed E-state index contributed by atoms with van der Waals surface area (Å²) < 4.78 is 15.9. The molecule has 1 aliphatic rings. The molecule has 1 rings (SSSR count). The van der Waals surface area contributed by atoms with Crippen LogP contribution < -0.4 is 0 Å². The van der Waals surface area contributed by atoms with E-state index in [1.165, 1.54) is 6.92 Å². The van der Waals surface area contributed by atoms with Crippen molar-refractivity contribution in [3.63, 3.8) is 0 Å². The molecule has 0 spiro atoms. The van der Waals surface area contributed by atoms with Crippen molar-refractivity contribution in [2.45, 2.75) is 39.6 Å². The fraction of sp³-hybridized carbons (Fsp3) is 0.727. The first-order valence-electron chi connectivity index (χ1n) is 5.01. The molecule has 4 nitrogen and oxygen atoms in total. The van der Waals surface area contributed by atoms with E-state index >= 15 is 0 Å². The Labute approximate surface area is 90.2 Å². The highest BCUT2D eigenvalue weighted by Gasteiger charge is 2.31. The van der Waals surface area contributed by atoms with Gasteiger partial charge in [0.25, 0.3) is 0 Å². The first-order valence-corrected chi connectivity index (χ1v) is 5.01. The molecule has 0 unspecified atom stereocenters. The Morgan fingerprint density at radius 2 is 2.20 bits per heavy atom. The summed E-state index contributed by atoms with van der Waals surface area (Å²) >= 11 is 0. The fourth-order valence-electron chi connectivity index (χ4n) is 1.38. The van der Waals surface area contributed by atoms with E-state index in [1.807, 2.05) is 26.8 Å². The summed E-state index contributed by atoms with van der Waals surface area (Å²) in [5.74, 6) is -0.783. The number of carbonyl (C=O) groups excluding carboxylic acids is 1. The largest absolute Gasteiger partial charge is 0.461 e. The molecular weight excluding hydrogens is 196 g/mol. The van der Waals surface area contributed by atoms with Crippen molar-refractivity contribution in [2.75, 3.05) is 13.2 Å². The second-order valence-corrected chi connectivity index (χ2v) is 4.16. The van der Waals surface area contributed by atoms with Crippen molar-refractivity contribution in [1.82, 2.24) is 0 Å². The van der Waals surface area contributed by atoms with Gasteiger partial charge in [0.15, 0.2) is 5.79 Å². The summed E-state index contributed by atoms with van der Waals surface area (Å²) in [6, 6.07) is 0. The maximum absolute atomic E-state index is 10.6. The number of hydrogen-bond acceptors (Lipinski definition) is 4.